The van der Waals surface area contributed by atoms with Crippen LogP contribution in [0.1, 0.15) is 17.5 Å². The van der Waals surface area contributed by atoms with Crippen molar-refractivity contribution < 1.29 is 0 Å². The number of benzene rings is 1. The molecule has 1 aromatic carbocycles. The van der Waals surface area contributed by atoms with Crippen molar-refractivity contribution in [3.8, 4) is 0 Å². The summed E-state index contributed by atoms with van der Waals surface area (Å²) in [5.74, 6) is 0. The molecular formula is C13H14ClN3. The molecule has 4 heteroatoms. The molecule has 0 radical (unpaired) electrons. The zero-order chi connectivity index (χ0) is 12.0. The van der Waals surface area contributed by atoms with Crippen LogP contribution >= 0.6 is 11.6 Å². The van der Waals surface area contributed by atoms with Gasteiger partial charge in [0.05, 0.1) is 5.52 Å². The fraction of sp³-hybridized carbons (Fsp3) is 0.308. The number of aryl methyl sites for hydroxylation is 1. The number of aromatic nitrogens is 2. The van der Waals surface area contributed by atoms with Gasteiger partial charge in [-0.05, 0) is 35.6 Å². The Morgan fingerprint density at radius 3 is 3.12 bits per heavy atom. The number of halogens is 1. The van der Waals surface area contributed by atoms with Crippen molar-refractivity contribution >= 4 is 28.1 Å². The first-order valence-electron chi connectivity index (χ1n) is 5.75. The first kappa shape index (κ1) is 10.8. The molecule has 2 N–H and O–H groups in total. The quantitative estimate of drug-likeness (QED) is 0.842. The molecule has 2 aromatic rings. The SMILES string of the molecule is Cn1cc2c3c(c(Cl)cc2n1)CC/C3=C\CN. The molecule has 1 heterocycles. The first-order chi connectivity index (χ1) is 8.20. The molecule has 1 aliphatic rings. The number of allylic oxidation sites excluding steroid dienone is 1. The molecule has 0 unspecified atom stereocenters. The van der Waals surface area contributed by atoms with Gasteiger partial charge < -0.3 is 5.73 Å². The topological polar surface area (TPSA) is 43.8 Å². The van der Waals surface area contributed by atoms with Crippen LogP contribution in [-0.2, 0) is 13.5 Å². The Hall–Kier alpha value is -1.32. The van der Waals surface area contributed by atoms with Crippen molar-refractivity contribution in [3.63, 3.8) is 0 Å². The van der Waals surface area contributed by atoms with E-state index < -0.39 is 0 Å². The molecule has 17 heavy (non-hydrogen) atoms. The maximum Gasteiger partial charge on any atom is 0.0944 e. The van der Waals surface area contributed by atoms with Gasteiger partial charge in [0.25, 0.3) is 0 Å². The summed E-state index contributed by atoms with van der Waals surface area (Å²) in [6.07, 6.45) is 6.18. The average Bonchev–Trinajstić information content (AvgIpc) is 2.82. The van der Waals surface area contributed by atoms with Crippen molar-refractivity contribution in [2.75, 3.05) is 6.54 Å². The van der Waals surface area contributed by atoms with E-state index in [9.17, 15) is 0 Å². The highest BCUT2D eigenvalue weighted by molar-refractivity contribution is 6.32. The third-order valence-electron chi connectivity index (χ3n) is 3.31. The molecular weight excluding hydrogens is 234 g/mol. The van der Waals surface area contributed by atoms with Crippen LogP contribution in [0.15, 0.2) is 18.3 Å². The summed E-state index contributed by atoms with van der Waals surface area (Å²) in [5, 5.41) is 6.43. The smallest absolute Gasteiger partial charge is 0.0944 e. The third-order valence-corrected chi connectivity index (χ3v) is 3.65. The van der Waals surface area contributed by atoms with E-state index >= 15 is 0 Å². The number of fused-ring (bicyclic) bond motifs is 3. The number of nitrogens with two attached hydrogens (primary N) is 1. The summed E-state index contributed by atoms with van der Waals surface area (Å²) in [6, 6.07) is 1.96. The van der Waals surface area contributed by atoms with Crippen molar-refractivity contribution in [3.05, 3.63) is 34.5 Å². The second-order valence-corrected chi connectivity index (χ2v) is 4.82. The fourth-order valence-electron chi connectivity index (χ4n) is 2.64. The maximum atomic E-state index is 6.32. The predicted octanol–water partition coefficient (Wildman–Crippen LogP) is 2.51. The monoisotopic (exact) mass is 247 g/mol. The van der Waals surface area contributed by atoms with E-state index in [1.54, 1.807) is 0 Å². The Kier molecular flexibility index (Phi) is 2.45. The van der Waals surface area contributed by atoms with Gasteiger partial charge in [-0.1, -0.05) is 17.7 Å². The molecule has 3 rings (SSSR count). The number of nitrogens with zero attached hydrogens (tertiary/aromatic N) is 2. The lowest BCUT2D eigenvalue weighted by atomic mass is 10.0. The van der Waals surface area contributed by atoms with Gasteiger partial charge >= 0.3 is 0 Å². The molecule has 0 atom stereocenters. The minimum atomic E-state index is 0.572. The van der Waals surface area contributed by atoms with E-state index in [0.717, 1.165) is 23.4 Å². The van der Waals surface area contributed by atoms with Crippen LogP contribution in [0.5, 0.6) is 0 Å². The molecule has 0 bridgehead atoms. The minimum absolute atomic E-state index is 0.572. The molecule has 0 fully saturated rings. The van der Waals surface area contributed by atoms with Crippen LogP contribution in [0, 0.1) is 0 Å². The van der Waals surface area contributed by atoms with E-state index in [-0.39, 0.29) is 0 Å². The van der Waals surface area contributed by atoms with E-state index in [4.69, 9.17) is 17.3 Å². The lowest BCUT2D eigenvalue weighted by Crippen LogP contribution is -1.94. The molecule has 88 valence electrons. The Labute approximate surface area is 105 Å². The summed E-state index contributed by atoms with van der Waals surface area (Å²) in [4.78, 5) is 0. The molecule has 1 aliphatic carbocycles. The maximum absolute atomic E-state index is 6.32. The average molecular weight is 248 g/mol. The highest BCUT2D eigenvalue weighted by atomic mass is 35.5. The Morgan fingerprint density at radius 2 is 2.35 bits per heavy atom. The predicted molar refractivity (Wildman–Crippen MR) is 71.1 cm³/mol. The standard InChI is InChI=1S/C13H14ClN3/c1-17-7-10-12(16-17)6-11(14)9-3-2-8(4-5-15)13(9)10/h4,6-7H,2-3,5,15H2,1H3/b8-4+. The van der Waals surface area contributed by atoms with Gasteiger partial charge in [0, 0.05) is 30.2 Å². The fourth-order valence-corrected chi connectivity index (χ4v) is 2.93. The van der Waals surface area contributed by atoms with E-state index in [2.05, 4.69) is 17.4 Å². The van der Waals surface area contributed by atoms with Crippen LogP contribution in [0.2, 0.25) is 5.02 Å². The van der Waals surface area contributed by atoms with Gasteiger partial charge in [0.15, 0.2) is 0 Å². The number of rotatable bonds is 1. The lowest BCUT2D eigenvalue weighted by molar-refractivity contribution is 0.779. The van der Waals surface area contributed by atoms with Gasteiger partial charge in [0.1, 0.15) is 0 Å². The van der Waals surface area contributed by atoms with Crippen molar-refractivity contribution in [2.24, 2.45) is 12.8 Å². The Morgan fingerprint density at radius 1 is 1.53 bits per heavy atom. The molecule has 3 nitrogen and oxygen atoms in total. The van der Waals surface area contributed by atoms with E-state index in [1.807, 2.05) is 17.8 Å². The van der Waals surface area contributed by atoms with Crippen LogP contribution in [-0.4, -0.2) is 16.3 Å². The molecule has 1 aromatic heterocycles. The van der Waals surface area contributed by atoms with Crippen molar-refractivity contribution in [2.45, 2.75) is 12.8 Å². The van der Waals surface area contributed by atoms with Crippen LogP contribution in [0.3, 0.4) is 0 Å². The summed E-state index contributed by atoms with van der Waals surface area (Å²) < 4.78 is 1.83. The Bertz CT molecular complexity index is 625. The second kappa shape index (κ2) is 3.86. The zero-order valence-corrected chi connectivity index (χ0v) is 10.5. The summed E-state index contributed by atoms with van der Waals surface area (Å²) in [6.45, 7) is 0.572. The van der Waals surface area contributed by atoms with Crippen molar-refractivity contribution in [1.29, 1.82) is 0 Å². The second-order valence-electron chi connectivity index (χ2n) is 4.41. The van der Waals surface area contributed by atoms with Gasteiger partial charge in [-0.15, -0.1) is 0 Å². The summed E-state index contributed by atoms with van der Waals surface area (Å²) in [5.41, 5.74) is 10.4. The van der Waals surface area contributed by atoms with Crippen LogP contribution in [0.25, 0.3) is 16.5 Å². The molecule has 0 amide bonds. The highest BCUT2D eigenvalue weighted by Crippen LogP contribution is 2.41. The minimum Gasteiger partial charge on any atom is -0.327 e. The molecule has 0 saturated heterocycles. The van der Waals surface area contributed by atoms with E-state index in [1.165, 1.54) is 22.1 Å². The van der Waals surface area contributed by atoms with Crippen LogP contribution < -0.4 is 5.73 Å². The number of hydrogen-bond acceptors (Lipinski definition) is 2. The normalized spacial score (nSPS) is 17.0. The van der Waals surface area contributed by atoms with Crippen molar-refractivity contribution in [1.82, 2.24) is 9.78 Å². The lowest BCUT2D eigenvalue weighted by Gasteiger charge is -2.04. The summed E-state index contributed by atoms with van der Waals surface area (Å²) >= 11 is 6.32. The first-order valence-corrected chi connectivity index (χ1v) is 6.12. The van der Waals surface area contributed by atoms with Gasteiger partial charge in [-0.2, -0.15) is 5.10 Å². The highest BCUT2D eigenvalue weighted by Gasteiger charge is 2.22. The summed E-state index contributed by atoms with van der Waals surface area (Å²) in [7, 11) is 1.93. The van der Waals surface area contributed by atoms with E-state index in [0.29, 0.717) is 6.54 Å². The number of hydrogen-bond donors (Lipinski definition) is 1. The zero-order valence-electron chi connectivity index (χ0n) is 9.70. The Balaban J connectivity index is 2.37. The molecule has 0 aliphatic heterocycles. The molecule has 0 spiro atoms. The molecule has 0 saturated carbocycles. The van der Waals surface area contributed by atoms with Gasteiger partial charge in [-0.3, -0.25) is 4.68 Å². The largest absolute Gasteiger partial charge is 0.327 e. The van der Waals surface area contributed by atoms with Gasteiger partial charge in [0.2, 0.25) is 0 Å². The van der Waals surface area contributed by atoms with Crippen LogP contribution in [0.4, 0.5) is 0 Å². The third kappa shape index (κ3) is 1.58. The van der Waals surface area contributed by atoms with Gasteiger partial charge in [-0.25, -0.2) is 0 Å².